The zero-order chi connectivity index (χ0) is 27.7. The van der Waals surface area contributed by atoms with Gasteiger partial charge in [-0.15, -0.1) is 11.3 Å². The molecule has 9 heteroatoms. The van der Waals surface area contributed by atoms with Crippen molar-refractivity contribution in [2.75, 3.05) is 7.11 Å². The molecule has 0 atom stereocenters. The van der Waals surface area contributed by atoms with Crippen molar-refractivity contribution in [2.45, 2.75) is 32.5 Å². The Kier molecular flexibility index (Phi) is 7.51. The summed E-state index contributed by atoms with van der Waals surface area (Å²) in [5.41, 5.74) is -1.20. The lowest BCUT2D eigenvalue weighted by Crippen LogP contribution is -2.22. The smallest absolute Gasteiger partial charge is 0.417 e. The summed E-state index contributed by atoms with van der Waals surface area (Å²) in [5, 5.41) is 0.581. The molecule has 0 fully saturated rings. The van der Waals surface area contributed by atoms with E-state index in [2.05, 4.69) is 0 Å². The highest BCUT2D eigenvalue weighted by Gasteiger charge is 2.35. The van der Waals surface area contributed by atoms with Crippen LogP contribution in [0.5, 0.6) is 17.2 Å². The minimum atomic E-state index is -4.77. The second kappa shape index (κ2) is 10.5. The summed E-state index contributed by atoms with van der Waals surface area (Å²) in [6.45, 7) is 5.31. The lowest BCUT2D eigenvalue weighted by molar-refractivity contribution is -0.148. The van der Waals surface area contributed by atoms with Gasteiger partial charge in [0.1, 0.15) is 22.9 Å². The molecule has 198 valence electrons. The van der Waals surface area contributed by atoms with E-state index in [9.17, 15) is 22.4 Å². The van der Waals surface area contributed by atoms with Crippen LogP contribution in [-0.2, 0) is 15.7 Å². The molecule has 0 N–H and O–H groups in total. The molecular weight excluding hydrogens is 520 g/mol. The molecule has 0 aliphatic rings. The zero-order valence-corrected chi connectivity index (χ0v) is 21.8. The number of hydrogen-bond acceptors (Lipinski definition) is 5. The molecule has 1 heterocycles. The van der Waals surface area contributed by atoms with Gasteiger partial charge >= 0.3 is 12.1 Å². The van der Waals surface area contributed by atoms with Gasteiger partial charge in [0, 0.05) is 21.7 Å². The van der Waals surface area contributed by atoms with Crippen LogP contribution >= 0.6 is 11.3 Å². The number of ether oxygens (including phenoxy) is 3. The van der Waals surface area contributed by atoms with Crippen LogP contribution in [0.25, 0.3) is 26.6 Å². The molecule has 38 heavy (non-hydrogen) atoms. The monoisotopic (exact) mass is 544 g/mol. The van der Waals surface area contributed by atoms with Gasteiger partial charge in [-0.1, -0.05) is 12.1 Å². The first-order valence-electron chi connectivity index (χ1n) is 11.5. The highest BCUT2D eigenvalue weighted by molar-refractivity contribution is 7.22. The molecular formula is C29H24F4O4S. The maximum Gasteiger partial charge on any atom is 0.417 e. The number of benzene rings is 3. The van der Waals surface area contributed by atoms with Gasteiger partial charge in [0.25, 0.3) is 0 Å². The second-order valence-electron chi connectivity index (χ2n) is 9.35. The summed E-state index contributed by atoms with van der Waals surface area (Å²) in [5.74, 6) is -0.356. The van der Waals surface area contributed by atoms with Crippen molar-refractivity contribution in [3.8, 4) is 27.7 Å². The summed E-state index contributed by atoms with van der Waals surface area (Å²) in [6.07, 6.45) is -1.87. The number of thiophene rings is 1. The highest BCUT2D eigenvalue weighted by Crippen LogP contribution is 2.50. The fraction of sp³-hybridized carbons (Fsp3) is 0.207. The van der Waals surface area contributed by atoms with E-state index in [4.69, 9.17) is 14.2 Å². The SMILES string of the molecule is COc1ccc2c(Oc3ccc(/C=C/C(=O)OC(C)(C)C)cc3)c(-c3ccc(F)cc3C(F)(F)F)sc2c1. The van der Waals surface area contributed by atoms with Crippen molar-refractivity contribution in [2.24, 2.45) is 0 Å². The first kappa shape index (κ1) is 27.2. The Balaban J connectivity index is 1.73. The Labute approximate surface area is 221 Å². The number of carbonyl (C=O) groups is 1. The van der Waals surface area contributed by atoms with Gasteiger partial charge in [-0.3, -0.25) is 0 Å². The van der Waals surface area contributed by atoms with Crippen molar-refractivity contribution in [3.05, 3.63) is 83.7 Å². The average molecular weight is 545 g/mol. The zero-order valence-electron chi connectivity index (χ0n) is 21.0. The van der Waals surface area contributed by atoms with E-state index in [1.54, 1.807) is 69.3 Å². The standard InChI is InChI=1S/C29H24F4O4S/c1-28(2,3)37-25(34)14-7-17-5-9-19(10-6-17)36-26-22-13-11-20(35-4)16-24(22)38-27(26)21-12-8-18(30)15-23(21)29(31,32)33/h5-16H,1-4H3/b14-7+. The van der Waals surface area contributed by atoms with E-state index < -0.39 is 29.1 Å². The quantitative estimate of drug-likeness (QED) is 0.138. The highest BCUT2D eigenvalue weighted by atomic mass is 32.1. The van der Waals surface area contributed by atoms with Gasteiger partial charge in [-0.25, -0.2) is 9.18 Å². The first-order valence-corrected chi connectivity index (χ1v) is 12.3. The topological polar surface area (TPSA) is 44.8 Å². The molecule has 0 radical (unpaired) electrons. The maximum absolute atomic E-state index is 13.8. The largest absolute Gasteiger partial charge is 0.497 e. The number of carbonyl (C=O) groups excluding carboxylic acids is 1. The number of methoxy groups -OCH3 is 1. The van der Waals surface area contributed by atoms with E-state index in [0.29, 0.717) is 33.2 Å². The number of esters is 1. The molecule has 4 nitrogen and oxygen atoms in total. The summed E-state index contributed by atoms with van der Waals surface area (Å²) < 4.78 is 72.6. The van der Waals surface area contributed by atoms with Crippen molar-refractivity contribution >= 4 is 33.5 Å². The van der Waals surface area contributed by atoms with Crippen LogP contribution < -0.4 is 9.47 Å². The van der Waals surface area contributed by atoms with Crippen molar-refractivity contribution < 1.29 is 36.6 Å². The van der Waals surface area contributed by atoms with E-state index in [-0.39, 0.29) is 16.2 Å². The third kappa shape index (κ3) is 6.34. The van der Waals surface area contributed by atoms with E-state index >= 15 is 0 Å². The molecule has 0 amide bonds. The van der Waals surface area contributed by atoms with Crippen LogP contribution in [0.2, 0.25) is 0 Å². The van der Waals surface area contributed by atoms with Crippen LogP contribution in [0.1, 0.15) is 31.9 Å². The van der Waals surface area contributed by atoms with Crippen LogP contribution in [0, 0.1) is 5.82 Å². The van der Waals surface area contributed by atoms with Gasteiger partial charge in [0.05, 0.1) is 17.6 Å². The minimum Gasteiger partial charge on any atom is -0.497 e. The lowest BCUT2D eigenvalue weighted by Gasteiger charge is -2.17. The van der Waals surface area contributed by atoms with Crippen LogP contribution in [0.3, 0.4) is 0 Å². The third-order valence-electron chi connectivity index (χ3n) is 5.30. The van der Waals surface area contributed by atoms with Crippen LogP contribution in [0.15, 0.2) is 66.7 Å². The predicted octanol–water partition coefficient (Wildman–Crippen LogP) is 8.88. The number of hydrogen-bond donors (Lipinski definition) is 0. The predicted molar refractivity (Wildman–Crippen MR) is 140 cm³/mol. The minimum absolute atomic E-state index is 0.189. The number of fused-ring (bicyclic) bond motifs is 1. The summed E-state index contributed by atoms with van der Waals surface area (Å²) in [6, 6.07) is 14.4. The Morgan fingerprint density at radius 1 is 0.921 bits per heavy atom. The van der Waals surface area contributed by atoms with Gasteiger partial charge in [-0.2, -0.15) is 13.2 Å². The van der Waals surface area contributed by atoms with Crippen molar-refractivity contribution in [3.63, 3.8) is 0 Å². The first-order chi connectivity index (χ1) is 17.8. The third-order valence-corrected chi connectivity index (χ3v) is 6.47. The molecule has 0 spiro atoms. The fourth-order valence-corrected chi connectivity index (χ4v) is 4.87. The van der Waals surface area contributed by atoms with Gasteiger partial charge < -0.3 is 14.2 Å². The van der Waals surface area contributed by atoms with Gasteiger partial charge in [0.15, 0.2) is 5.75 Å². The van der Waals surface area contributed by atoms with E-state index in [0.717, 1.165) is 23.5 Å². The van der Waals surface area contributed by atoms with E-state index in [1.165, 1.54) is 13.2 Å². The summed E-state index contributed by atoms with van der Waals surface area (Å²) in [4.78, 5) is 12.1. The lowest BCUT2D eigenvalue weighted by atomic mass is 10.0. The number of halogens is 4. The molecule has 3 aromatic carbocycles. The number of rotatable bonds is 6. The summed E-state index contributed by atoms with van der Waals surface area (Å²) >= 11 is 1.09. The van der Waals surface area contributed by atoms with Crippen LogP contribution in [-0.4, -0.2) is 18.7 Å². The maximum atomic E-state index is 13.8. The second-order valence-corrected chi connectivity index (χ2v) is 10.4. The molecule has 0 aliphatic heterocycles. The van der Waals surface area contributed by atoms with Crippen LogP contribution in [0.4, 0.5) is 17.6 Å². The molecule has 0 aliphatic carbocycles. The molecule has 0 unspecified atom stereocenters. The van der Waals surface area contributed by atoms with Gasteiger partial charge in [-0.05, 0) is 80.9 Å². The van der Waals surface area contributed by atoms with Gasteiger partial charge in [0.2, 0.25) is 0 Å². The Bertz CT molecular complexity index is 1500. The normalized spacial score (nSPS) is 12.2. The molecule has 0 saturated heterocycles. The van der Waals surface area contributed by atoms with Crippen molar-refractivity contribution in [1.29, 1.82) is 0 Å². The molecule has 1 aromatic heterocycles. The average Bonchev–Trinajstić information content (AvgIpc) is 3.19. The molecule has 4 rings (SSSR count). The molecule has 4 aromatic rings. The van der Waals surface area contributed by atoms with E-state index in [1.807, 2.05) is 0 Å². The Morgan fingerprint density at radius 3 is 2.24 bits per heavy atom. The summed E-state index contributed by atoms with van der Waals surface area (Å²) in [7, 11) is 1.49. The Morgan fingerprint density at radius 2 is 1.61 bits per heavy atom. The molecule has 0 bridgehead atoms. The Hall–Kier alpha value is -3.85. The fourth-order valence-electron chi connectivity index (χ4n) is 3.67. The number of alkyl halides is 3. The molecule has 0 saturated carbocycles. The van der Waals surface area contributed by atoms with Crippen molar-refractivity contribution in [1.82, 2.24) is 0 Å².